The second-order valence-electron chi connectivity index (χ2n) is 6.45. The molecular formula is C21H16Cl2N2O4. The van der Waals surface area contributed by atoms with E-state index in [1.165, 1.54) is 0 Å². The van der Waals surface area contributed by atoms with Crippen molar-refractivity contribution in [3.8, 4) is 5.75 Å². The van der Waals surface area contributed by atoms with Crippen molar-refractivity contribution in [1.29, 1.82) is 0 Å². The molecule has 0 spiro atoms. The number of carbonyl (C=O) groups excluding carboxylic acids is 1. The van der Waals surface area contributed by atoms with Crippen LogP contribution < -0.4 is 16.0 Å². The van der Waals surface area contributed by atoms with Gasteiger partial charge in [-0.25, -0.2) is 4.79 Å². The third kappa shape index (κ3) is 3.24. The fourth-order valence-corrected chi connectivity index (χ4v) is 3.81. The lowest BCUT2D eigenvalue weighted by Crippen LogP contribution is -2.32. The normalized spacial score (nSPS) is 15.8. The van der Waals surface area contributed by atoms with Gasteiger partial charge in [0.2, 0.25) is 5.88 Å². The summed E-state index contributed by atoms with van der Waals surface area (Å²) in [4.78, 5) is 28.6. The fraction of sp³-hybridized carbons (Fsp3) is 0.143. The number of fused-ring (bicyclic) bond motifs is 3. The van der Waals surface area contributed by atoms with Gasteiger partial charge in [0.05, 0.1) is 33.7 Å². The molecule has 1 aromatic heterocycles. The van der Waals surface area contributed by atoms with E-state index in [1.807, 2.05) is 6.07 Å². The quantitative estimate of drug-likeness (QED) is 0.610. The van der Waals surface area contributed by atoms with E-state index in [4.69, 9.17) is 38.4 Å². The van der Waals surface area contributed by atoms with Crippen LogP contribution in [0.1, 0.15) is 24.0 Å². The third-order valence-electron chi connectivity index (χ3n) is 4.74. The van der Waals surface area contributed by atoms with Crippen LogP contribution >= 0.6 is 23.2 Å². The first-order chi connectivity index (χ1) is 13.9. The van der Waals surface area contributed by atoms with E-state index in [9.17, 15) is 9.59 Å². The number of benzene rings is 2. The number of aromatic nitrogens is 1. The summed E-state index contributed by atoms with van der Waals surface area (Å²) in [6, 6.07) is 12.1. The summed E-state index contributed by atoms with van der Waals surface area (Å²) < 4.78 is 11.0. The number of hydrogen-bond acceptors (Lipinski definition) is 5. The van der Waals surface area contributed by atoms with E-state index in [1.54, 1.807) is 43.3 Å². The summed E-state index contributed by atoms with van der Waals surface area (Å²) >= 11 is 12.3. The molecule has 3 N–H and O–H groups in total. The monoisotopic (exact) mass is 430 g/mol. The van der Waals surface area contributed by atoms with Gasteiger partial charge in [-0.15, -0.1) is 0 Å². The maximum atomic E-state index is 13.0. The molecule has 1 aliphatic heterocycles. The van der Waals surface area contributed by atoms with Crippen molar-refractivity contribution in [3.05, 3.63) is 85.4 Å². The topological polar surface area (TPSA) is 94.4 Å². The minimum absolute atomic E-state index is 0.0403. The van der Waals surface area contributed by atoms with E-state index in [0.717, 1.165) is 0 Å². The van der Waals surface area contributed by atoms with Crippen molar-refractivity contribution in [1.82, 2.24) is 4.98 Å². The zero-order chi connectivity index (χ0) is 20.7. The lowest BCUT2D eigenvalue weighted by molar-refractivity contribution is -0.139. The first kappa shape index (κ1) is 19.4. The number of ether oxygens (including phenoxy) is 2. The second kappa shape index (κ2) is 7.46. The molecule has 0 saturated carbocycles. The maximum absolute atomic E-state index is 13.0. The molecule has 4 rings (SSSR count). The molecule has 2 aromatic carbocycles. The highest BCUT2D eigenvalue weighted by Gasteiger charge is 2.38. The molecule has 6 nitrogen and oxygen atoms in total. The van der Waals surface area contributed by atoms with Crippen molar-refractivity contribution >= 4 is 40.1 Å². The highest BCUT2D eigenvalue weighted by molar-refractivity contribution is 6.42. The Balaban J connectivity index is 2.05. The molecule has 0 fully saturated rings. The highest BCUT2D eigenvalue weighted by atomic mass is 35.5. The molecule has 148 valence electrons. The van der Waals surface area contributed by atoms with Crippen LogP contribution in [0, 0.1) is 0 Å². The number of rotatable bonds is 3. The molecule has 0 aliphatic carbocycles. The lowest BCUT2D eigenvalue weighted by Gasteiger charge is -2.28. The Morgan fingerprint density at radius 2 is 1.97 bits per heavy atom. The SMILES string of the molecule is CCOC(=O)C1=C(N)Oc2c(c(=O)[nH]c3ccccc23)[C@@H]1c1ccc(Cl)c(Cl)c1. The summed E-state index contributed by atoms with van der Waals surface area (Å²) in [7, 11) is 0. The number of nitrogens with one attached hydrogen (secondary N) is 1. The molecule has 0 radical (unpaired) electrons. The van der Waals surface area contributed by atoms with Crippen LogP contribution in [0.15, 0.2) is 58.7 Å². The number of halogens is 2. The fourth-order valence-electron chi connectivity index (χ4n) is 3.50. The van der Waals surface area contributed by atoms with Crippen molar-refractivity contribution in [2.45, 2.75) is 12.8 Å². The van der Waals surface area contributed by atoms with Crippen LogP contribution in [0.2, 0.25) is 10.0 Å². The molecule has 29 heavy (non-hydrogen) atoms. The van der Waals surface area contributed by atoms with Crippen LogP contribution in [0.25, 0.3) is 10.9 Å². The standard InChI is InChI=1S/C21H16Cl2N2O4/c1-2-28-21(27)17-15(10-7-8-12(22)13(23)9-10)16-18(29-19(17)24)11-5-3-4-6-14(11)25-20(16)26/h3-9,15H,2,24H2,1H3,(H,25,26)/t15-/m0/s1. The first-order valence-corrected chi connectivity index (χ1v) is 9.62. The first-order valence-electron chi connectivity index (χ1n) is 8.86. The van der Waals surface area contributed by atoms with Crippen LogP contribution in [0.5, 0.6) is 5.75 Å². The average Bonchev–Trinajstić information content (AvgIpc) is 2.69. The Morgan fingerprint density at radius 1 is 1.21 bits per heavy atom. The van der Waals surface area contributed by atoms with Gasteiger partial charge in [0.15, 0.2) is 0 Å². The van der Waals surface area contributed by atoms with Gasteiger partial charge in [-0.05, 0) is 36.8 Å². The molecule has 0 amide bonds. The highest BCUT2D eigenvalue weighted by Crippen LogP contribution is 2.44. The van der Waals surface area contributed by atoms with Crippen LogP contribution in [0.3, 0.4) is 0 Å². The van der Waals surface area contributed by atoms with E-state index in [-0.39, 0.29) is 28.6 Å². The Bertz CT molecular complexity index is 1230. The molecule has 0 bridgehead atoms. The summed E-state index contributed by atoms with van der Waals surface area (Å²) in [5, 5.41) is 1.30. The predicted molar refractivity (Wildman–Crippen MR) is 111 cm³/mol. The Morgan fingerprint density at radius 3 is 2.69 bits per heavy atom. The third-order valence-corrected chi connectivity index (χ3v) is 5.48. The molecule has 1 atom stereocenters. The van der Waals surface area contributed by atoms with Gasteiger partial charge in [0, 0.05) is 5.39 Å². The van der Waals surface area contributed by atoms with E-state index in [2.05, 4.69) is 4.98 Å². The van der Waals surface area contributed by atoms with Gasteiger partial charge in [-0.3, -0.25) is 4.79 Å². The van der Waals surface area contributed by atoms with Crippen LogP contribution in [-0.2, 0) is 9.53 Å². The number of pyridine rings is 1. The zero-order valence-electron chi connectivity index (χ0n) is 15.3. The summed E-state index contributed by atoms with van der Waals surface area (Å²) in [6.07, 6.45) is 0. The van der Waals surface area contributed by atoms with Gasteiger partial charge in [-0.1, -0.05) is 41.4 Å². The number of para-hydroxylation sites is 1. The number of carbonyl (C=O) groups is 1. The molecule has 1 aliphatic rings. The minimum Gasteiger partial charge on any atom is -0.462 e. The molecule has 0 unspecified atom stereocenters. The van der Waals surface area contributed by atoms with Crippen molar-refractivity contribution in [2.75, 3.05) is 6.61 Å². The average molecular weight is 431 g/mol. The number of H-pyrrole nitrogens is 1. The Hall–Kier alpha value is -2.96. The van der Waals surface area contributed by atoms with Crippen molar-refractivity contribution in [2.24, 2.45) is 5.73 Å². The van der Waals surface area contributed by atoms with Gasteiger partial charge < -0.3 is 20.2 Å². The number of hydrogen-bond donors (Lipinski definition) is 2. The number of esters is 1. The second-order valence-corrected chi connectivity index (χ2v) is 7.26. The number of nitrogens with two attached hydrogens (primary N) is 1. The zero-order valence-corrected chi connectivity index (χ0v) is 16.8. The molecule has 0 saturated heterocycles. The van der Waals surface area contributed by atoms with Gasteiger partial charge in [0.25, 0.3) is 5.56 Å². The predicted octanol–water partition coefficient (Wildman–Crippen LogP) is 4.09. The maximum Gasteiger partial charge on any atom is 0.340 e. The molecule has 8 heteroatoms. The van der Waals surface area contributed by atoms with Gasteiger partial charge in [0.1, 0.15) is 11.3 Å². The smallest absolute Gasteiger partial charge is 0.340 e. The van der Waals surface area contributed by atoms with E-state index in [0.29, 0.717) is 27.2 Å². The summed E-state index contributed by atoms with van der Waals surface area (Å²) in [5.74, 6) is -1.33. The number of aromatic amines is 1. The Labute approximate surface area is 175 Å². The summed E-state index contributed by atoms with van der Waals surface area (Å²) in [5.41, 5.74) is 7.20. The molecular weight excluding hydrogens is 415 g/mol. The van der Waals surface area contributed by atoms with Crippen LogP contribution in [0.4, 0.5) is 0 Å². The van der Waals surface area contributed by atoms with Gasteiger partial charge >= 0.3 is 5.97 Å². The van der Waals surface area contributed by atoms with Crippen LogP contribution in [-0.4, -0.2) is 17.6 Å². The van der Waals surface area contributed by atoms with Crippen molar-refractivity contribution in [3.63, 3.8) is 0 Å². The lowest BCUT2D eigenvalue weighted by atomic mass is 9.83. The van der Waals surface area contributed by atoms with E-state index < -0.39 is 17.4 Å². The summed E-state index contributed by atoms with van der Waals surface area (Å²) in [6.45, 7) is 1.82. The minimum atomic E-state index is -0.832. The van der Waals surface area contributed by atoms with E-state index >= 15 is 0 Å². The molecule has 2 heterocycles. The molecule has 3 aromatic rings. The Kier molecular flexibility index (Phi) is 4.98. The van der Waals surface area contributed by atoms with Crippen molar-refractivity contribution < 1.29 is 14.3 Å². The largest absolute Gasteiger partial charge is 0.462 e. The van der Waals surface area contributed by atoms with Gasteiger partial charge in [-0.2, -0.15) is 0 Å².